The van der Waals surface area contributed by atoms with Crippen LogP contribution in [0.4, 0.5) is 0 Å². The Balaban J connectivity index is 2.08. The van der Waals surface area contributed by atoms with Gasteiger partial charge in [-0.2, -0.15) is 0 Å². The summed E-state index contributed by atoms with van der Waals surface area (Å²) in [4.78, 5) is 13.5. The quantitative estimate of drug-likeness (QED) is 0.766. The maximum Gasteiger partial charge on any atom is 0.179 e. The fraction of sp³-hybridized carbons (Fsp3) is 0.308. The highest BCUT2D eigenvalue weighted by molar-refractivity contribution is 9.10. The molecule has 0 unspecified atom stereocenters. The second-order valence-corrected chi connectivity index (χ2v) is 5.76. The highest BCUT2D eigenvalue weighted by Gasteiger charge is 2.28. The van der Waals surface area contributed by atoms with Crippen molar-refractivity contribution in [3.63, 3.8) is 0 Å². The van der Waals surface area contributed by atoms with Crippen LogP contribution in [0.15, 0.2) is 29.0 Å². The first-order valence-corrected chi connectivity index (χ1v) is 7.73. The summed E-state index contributed by atoms with van der Waals surface area (Å²) in [7, 11) is 0. The lowest BCUT2D eigenvalue weighted by Gasteiger charge is -2.07. The van der Waals surface area contributed by atoms with E-state index < -0.39 is 0 Å². The minimum absolute atomic E-state index is 0.613. The molecule has 0 spiro atoms. The van der Waals surface area contributed by atoms with Gasteiger partial charge >= 0.3 is 0 Å². The fourth-order valence-corrected chi connectivity index (χ4v) is 2.76. The second-order valence-electron chi connectivity index (χ2n) is 4.35. The van der Waals surface area contributed by atoms with Gasteiger partial charge in [-0.25, -0.2) is 9.97 Å². The van der Waals surface area contributed by atoms with E-state index in [0.717, 1.165) is 15.5 Å². The molecule has 1 saturated carbocycles. The van der Waals surface area contributed by atoms with Crippen LogP contribution in [-0.2, 0) is 5.33 Å². The van der Waals surface area contributed by atoms with Crippen molar-refractivity contribution in [2.75, 3.05) is 0 Å². The number of alkyl halides is 1. The minimum atomic E-state index is 0.613. The van der Waals surface area contributed by atoms with Crippen LogP contribution in [0.25, 0.3) is 11.5 Å². The zero-order valence-corrected chi connectivity index (χ0v) is 12.8. The number of nitrogens with zero attached hydrogens (tertiary/aromatic N) is 3. The van der Waals surface area contributed by atoms with Gasteiger partial charge in [0.1, 0.15) is 5.69 Å². The van der Waals surface area contributed by atoms with Crippen LogP contribution in [0.5, 0.6) is 0 Å². The molecule has 0 bridgehead atoms. The van der Waals surface area contributed by atoms with Gasteiger partial charge in [0.25, 0.3) is 0 Å². The normalized spacial score (nSPS) is 14.8. The average Bonchev–Trinajstić information content (AvgIpc) is 3.23. The summed E-state index contributed by atoms with van der Waals surface area (Å²) in [6, 6.07) is 3.85. The second kappa shape index (κ2) is 5.05. The highest BCUT2D eigenvalue weighted by atomic mass is 79.9. The van der Waals surface area contributed by atoms with E-state index >= 15 is 0 Å². The number of hydrogen-bond donors (Lipinski definition) is 0. The minimum Gasteiger partial charge on any atom is -0.252 e. The molecule has 1 aliphatic carbocycles. The molecule has 92 valence electrons. The number of rotatable bonds is 3. The van der Waals surface area contributed by atoms with Gasteiger partial charge in [-0.15, -0.1) is 0 Å². The largest absolute Gasteiger partial charge is 0.252 e. The van der Waals surface area contributed by atoms with Crippen molar-refractivity contribution in [1.82, 2.24) is 15.0 Å². The van der Waals surface area contributed by atoms with Gasteiger partial charge in [0.2, 0.25) is 0 Å². The van der Waals surface area contributed by atoms with E-state index in [-0.39, 0.29) is 0 Å². The third-order valence-electron chi connectivity index (χ3n) is 2.98. The fourth-order valence-electron chi connectivity index (χ4n) is 1.90. The van der Waals surface area contributed by atoms with Crippen LogP contribution in [-0.4, -0.2) is 15.0 Å². The van der Waals surface area contributed by atoms with E-state index in [9.17, 15) is 0 Å². The Morgan fingerprint density at radius 3 is 2.78 bits per heavy atom. The van der Waals surface area contributed by atoms with Crippen molar-refractivity contribution in [2.24, 2.45) is 0 Å². The SMILES string of the molecule is BrCc1cnc(-c2ncccc2Br)nc1C1CC1. The van der Waals surface area contributed by atoms with E-state index in [1.54, 1.807) is 6.20 Å². The molecule has 5 heteroatoms. The lowest BCUT2D eigenvalue weighted by molar-refractivity contribution is 0.955. The van der Waals surface area contributed by atoms with Crippen LogP contribution in [0.1, 0.15) is 30.0 Å². The molecule has 0 atom stereocenters. The van der Waals surface area contributed by atoms with E-state index in [1.165, 1.54) is 24.1 Å². The molecule has 1 aliphatic rings. The smallest absolute Gasteiger partial charge is 0.179 e. The molecule has 2 aromatic rings. The van der Waals surface area contributed by atoms with Crippen LogP contribution >= 0.6 is 31.9 Å². The number of aromatic nitrogens is 3. The molecule has 0 aromatic carbocycles. The Bertz CT molecular complexity index is 582. The molecule has 2 aromatic heterocycles. The van der Waals surface area contributed by atoms with Crippen LogP contribution in [0.2, 0.25) is 0 Å². The van der Waals surface area contributed by atoms with E-state index in [4.69, 9.17) is 4.98 Å². The van der Waals surface area contributed by atoms with Gasteiger partial charge in [0, 0.05) is 33.7 Å². The summed E-state index contributed by atoms with van der Waals surface area (Å²) in [5.41, 5.74) is 3.17. The predicted octanol–water partition coefficient (Wildman–Crippen LogP) is 4.07. The zero-order valence-electron chi connectivity index (χ0n) is 9.61. The molecule has 3 nitrogen and oxygen atoms in total. The van der Waals surface area contributed by atoms with E-state index in [0.29, 0.717) is 11.7 Å². The molecular weight excluding hydrogens is 358 g/mol. The zero-order chi connectivity index (χ0) is 12.5. The first-order chi connectivity index (χ1) is 8.79. The van der Waals surface area contributed by atoms with Crippen LogP contribution in [0.3, 0.4) is 0 Å². The Morgan fingerprint density at radius 1 is 1.28 bits per heavy atom. The summed E-state index contributed by atoms with van der Waals surface area (Å²) in [6.45, 7) is 0. The maximum absolute atomic E-state index is 4.70. The van der Waals surface area contributed by atoms with E-state index in [1.807, 2.05) is 18.3 Å². The predicted molar refractivity (Wildman–Crippen MR) is 77.6 cm³/mol. The van der Waals surface area contributed by atoms with E-state index in [2.05, 4.69) is 41.8 Å². The Hall–Kier alpha value is -0.810. The molecule has 0 N–H and O–H groups in total. The summed E-state index contributed by atoms with van der Waals surface area (Å²) in [6.07, 6.45) is 6.14. The third-order valence-corrected chi connectivity index (χ3v) is 4.22. The number of hydrogen-bond acceptors (Lipinski definition) is 3. The lowest BCUT2D eigenvalue weighted by atomic mass is 10.2. The number of halogens is 2. The van der Waals surface area contributed by atoms with Gasteiger partial charge in [-0.3, -0.25) is 4.98 Å². The van der Waals surface area contributed by atoms with Crippen molar-refractivity contribution in [2.45, 2.75) is 24.1 Å². The summed E-state index contributed by atoms with van der Waals surface area (Å²) in [5.74, 6) is 1.32. The summed E-state index contributed by atoms with van der Waals surface area (Å²) < 4.78 is 0.929. The average molecular weight is 369 g/mol. The Labute approximate surface area is 122 Å². The molecule has 1 fully saturated rings. The first kappa shape index (κ1) is 12.2. The summed E-state index contributed by atoms with van der Waals surface area (Å²) in [5, 5.41) is 0.808. The molecule has 0 amide bonds. The highest BCUT2D eigenvalue weighted by Crippen LogP contribution is 2.41. The van der Waals surface area contributed by atoms with Crippen LogP contribution < -0.4 is 0 Å². The van der Waals surface area contributed by atoms with Gasteiger partial charge in [-0.1, -0.05) is 15.9 Å². The standard InChI is InChI=1S/C13H11Br2N3/c14-6-9-7-17-13(18-11(9)8-3-4-8)12-10(15)2-1-5-16-12/h1-2,5,7-8H,3-4,6H2. The van der Waals surface area contributed by atoms with Gasteiger partial charge in [0.05, 0.1) is 5.69 Å². The molecule has 0 saturated heterocycles. The van der Waals surface area contributed by atoms with Gasteiger partial charge < -0.3 is 0 Å². The van der Waals surface area contributed by atoms with Crippen molar-refractivity contribution in [1.29, 1.82) is 0 Å². The lowest BCUT2D eigenvalue weighted by Crippen LogP contribution is -2.00. The first-order valence-electron chi connectivity index (χ1n) is 5.82. The molecule has 0 aliphatic heterocycles. The number of pyridine rings is 1. The Morgan fingerprint density at radius 2 is 2.11 bits per heavy atom. The molecule has 3 rings (SSSR count). The monoisotopic (exact) mass is 367 g/mol. The Kier molecular flexibility index (Phi) is 3.43. The summed E-state index contributed by atoms with van der Waals surface area (Å²) >= 11 is 6.99. The van der Waals surface area contributed by atoms with Crippen LogP contribution in [0, 0.1) is 0 Å². The molecular formula is C13H11Br2N3. The van der Waals surface area contributed by atoms with Gasteiger partial charge in [-0.05, 0) is 40.9 Å². The van der Waals surface area contributed by atoms with Crippen molar-refractivity contribution >= 4 is 31.9 Å². The topological polar surface area (TPSA) is 38.7 Å². The third kappa shape index (κ3) is 2.34. The van der Waals surface area contributed by atoms with Crippen molar-refractivity contribution < 1.29 is 0 Å². The van der Waals surface area contributed by atoms with Crippen molar-refractivity contribution in [3.8, 4) is 11.5 Å². The van der Waals surface area contributed by atoms with Crippen molar-refractivity contribution in [3.05, 3.63) is 40.3 Å². The molecule has 18 heavy (non-hydrogen) atoms. The molecule has 2 heterocycles. The maximum atomic E-state index is 4.70. The molecule has 0 radical (unpaired) electrons. The van der Waals surface area contributed by atoms with Gasteiger partial charge in [0.15, 0.2) is 5.82 Å².